The van der Waals surface area contributed by atoms with E-state index in [4.69, 9.17) is 19.4 Å². The van der Waals surface area contributed by atoms with E-state index in [1.165, 1.54) is 16.9 Å². The van der Waals surface area contributed by atoms with Gasteiger partial charge in [-0.1, -0.05) is 13.8 Å². The van der Waals surface area contributed by atoms with Crippen molar-refractivity contribution in [2.45, 2.75) is 91.5 Å². The molecule has 2 heterocycles. The normalized spacial score (nSPS) is 24.4. The van der Waals surface area contributed by atoms with Crippen LogP contribution in [0.5, 0.6) is 0 Å². The summed E-state index contributed by atoms with van der Waals surface area (Å²) in [7, 11) is 2.96. The Morgan fingerprint density at radius 1 is 0.800 bits per heavy atom. The number of hydrogen-bond acceptors (Lipinski definition) is 7. The molecule has 0 aromatic heterocycles. The van der Waals surface area contributed by atoms with Gasteiger partial charge < -0.3 is 14.6 Å². The standard InChI is InChI=1S/C13H24N2O4.C11H19NO4/c1-9-7-10(11(16)14(5)18-6)15(8-9)12(17)19-13(2,3)4;1-7-5-8(9(13)14)12(6-7)10(15)16-11(2,3)4/h9-10H,7-8H2,1-6H3;7-8H,5-6H2,1-4H3,(H,13,14)/t9-,10+;7-,8+/m11/s1. The lowest BCUT2D eigenvalue weighted by Gasteiger charge is -2.29. The zero-order valence-corrected chi connectivity index (χ0v) is 22.8. The van der Waals surface area contributed by atoms with Gasteiger partial charge in [0.15, 0.2) is 0 Å². The molecule has 0 unspecified atom stereocenters. The minimum absolute atomic E-state index is 0.202. The predicted octanol–water partition coefficient (Wildman–Crippen LogP) is 3.37. The highest BCUT2D eigenvalue weighted by Crippen LogP contribution is 2.27. The Balaban J connectivity index is 0.000000355. The Morgan fingerprint density at radius 3 is 1.51 bits per heavy atom. The second-order valence-corrected chi connectivity index (χ2v) is 11.3. The second kappa shape index (κ2) is 11.9. The minimum atomic E-state index is -0.963. The molecule has 2 aliphatic rings. The Hall–Kier alpha value is -2.56. The molecule has 2 aliphatic heterocycles. The molecule has 202 valence electrons. The van der Waals surface area contributed by atoms with Crippen molar-refractivity contribution in [2.75, 3.05) is 27.2 Å². The number of amides is 3. The summed E-state index contributed by atoms with van der Waals surface area (Å²) in [4.78, 5) is 54.7. The molecule has 0 bridgehead atoms. The average Bonchev–Trinajstić information content (AvgIpc) is 3.27. The van der Waals surface area contributed by atoms with E-state index < -0.39 is 41.4 Å². The highest BCUT2D eigenvalue weighted by molar-refractivity contribution is 5.85. The Kier molecular flexibility index (Phi) is 10.4. The van der Waals surface area contributed by atoms with Gasteiger partial charge in [-0.2, -0.15) is 0 Å². The van der Waals surface area contributed by atoms with E-state index in [-0.39, 0.29) is 17.7 Å². The molecule has 4 atom stereocenters. The molecule has 0 radical (unpaired) electrons. The van der Waals surface area contributed by atoms with Gasteiger partial charge in [-0.3, -0.25) is 19.4 Å². The maximum Gasteiger partial charge on any atom is 0.411 e. The summed E-state index contributed by atoms with van der Waals surface area (Å²) in [5, 5.41) is 10.2. The molecular formula is C24H43N3O8. The number of nitrogens with zero attached hydrogens (tertiary/aromatic N) is 3. The highest BCUT2D eigenvalue weighted by Gasteiger charge is 2.41. The molecule has 0 aromatic rings. The van der Waals surface area contributed by atoms with Gasteiger partial charge in [0.05, 0.1) is 7.11 Å². The first-order chi connectivity index (χ1) is 15.9. The van der Waals surface area contributed by atoms with Crippen molar-refractivity contribution in [1.82, 2.24) is 14.9 Å². The molecule has 2 saturated heterocycles. The number of carbonyl (C=O) groups excluding carboxylic acids is 3. The van der Waals surface area contributed by atoms with Crippen LogP contribution in [0.3, 0.4) is 0 Å². The van der Waals surface area contributed by atoms with Crippen molar-refractivity contribution in [1.29, 1.82) is 0 Å². The number of aliphatic carboxylic acids is 1. The number of likely N-dealkylation sites (tertiary alicyclic amines) is 2. The van der Waals surface area contributed by atoms with E-state index in [0.717, 1.165) is 5.06 Å². The van der Waals surface area contributed by atoms with Crippen LogP contribution in [0.15, 0.2) is 0 Å². The zero-order chi connectivity index (χ0) is 27.3. The summed E-state index contributed by atoms with van der Waals surface area (Å²) in [6, 6.07) is -1.25. The number of ether oxygens (including phenoxy) is 2. The molecular weight excluding hydrogens is 458 g/mol. The van der Waals surface area contributed by atoms with Crippen molar-refractivity contribution in [3.05, 3.63) is 0 Å². The number of carboxylic acids is 1. The first-order valence-corrected chi connectivity index (χ1v) is 11.9. The van der Waals surface area contributed by atoms with Crippen molar-refractivity contribution < 1.29 is 38.6 Å². The quantitative estimate of drug-likeness (QED) is 0.584. The minimum Gasteiger partial charge on any atom is -0.480 e. The van der Waals surface area contributed by atoms with Gasteiger partial charge in [-0.05, 0) is 66.2 Å². The van der Waals surface area contributed by atoms with Crippen LogP contribution >= 0.6 is 0 Å². The topological polar surface area (TPSA) is 126 Å². The fourth-order valence-corrected chi connectivity index (χ4v) is 3.90. The maximum absolute atomic E-state index is 12.2. The lowest BCUT2D eigenvalue weighted by Crippen LogP contribution is -2.47. The van der Waals surface area contributed by atoms with Gasteiger partial charge in [0.2, 0.25) is 0 Å². The molecule has 0 aromatic carbocycles. The van der Waals surface area contributed by atoms with Crippen LogP contribution in [0.1, 0.15) is 68.2 Å². The largest absolute Gasteiger partial charge is 0.480 e. The van der Waals surface area contributed by atoms with Crippen LogP contribution in [0, 0.1) is 11.8 Å². The van der Waals surface area contributed by atoms with Crippen LogP contribution in [0.25, 0.3) is 0 Å². The van der Waals surface area contributed by atoms with E-state index in [9.17, 15) is 19.2 Å². The number of likely N-dealkylation sites (N-methyl/N-ethyl adjacent to an activating group) is 1. The predicted molar refractivity (Wildman–Crippen MR) is 128 cm³/mol. The number of hydroxylamine groups is 2. The van der Waals surface area contributed by atoms with Gasteiger partial charge in [-0.15, -0.1) is 0 Å². The van der Waals surface area contributed by atoms with E-state index in [0.29, 0.717) is 25.9 Å². The van der Waals surface area contributed by atoms with Crippen molar-refractivity contribution in [2.24, 2.45) is 11.8 Å². The molecule has 2 rings (SSSR count). The van der Waals surface area contributed by atoms with Crippen LogP contribution in [-0.2, 0) is 23.9 Å². The van der Waals surface area contributed by atoms with E-state index in [1.807, 2.05) is 34.6 Å². The molecule has 11 heteroatoms. The molecule has 0 spiro atoms. The molecule has 3 amide bonds. The second-order valence-electron chi connectivity index (χ2n) is 11.3. The molecule has 35 heavy (non-hydrogen) atoms. The number of hydrogen-bond donors (Lipinski definition) is 1. The number of carbonyl (C=O) groups is 4. The van der Waals surface area contributed by atoms with Gasteiger partial charge in [-0.25, -0.2) is 19.4 Å². The van der Waals surface area contributed by atoms with Crippen LogP contribution in [0.4, 0.5) is 9.59 Å². The van der Waals surface area contributed by atoms with Crippen LogP contribution < -0.4 is 0 Å². The Labute approximate surface area is 208 Å². The zero-order valence-electron chi connectivity index (χ0n) is 22.8. The summed E-state index contributed by atoms with van der Waals surface area (Å²) in [6.07, 6.45) is 0.143. The average molecular weight is 502 g/mol. The first-order valence-electron chi connectivity index (χ1n) is 11.9. The smallest absolute Gasteiger partial charge is 0.411 e. The highest BCUT2D eigenvalue weighted by atomic mass is 16.7. The van der Waals surface area contributed by atoms with Gasteiger partial charge in [0.25, 0.3) is 5.91 Å². The maximum atomic E-state index is 12.2. The lowest BCUT2D eigenvalue weighted by molar-refractivity contribution is -0.173. The SMILES string of the molecule is CON(C)C(=O)[C@@H]1C[C@@H](C)CN1C(=O)OC(C)(C)C.C[C@@H]1C[C@@H](C(=O)O)N(C(=O)OC(C)(C)C)C1. The monoisotopic (exact) mass is 501 g/mol. The fraction of sp³-hybridized carbons (Fsp3) is 0.833. The summed E-state index contributed by atoms with van der Waals surface area (Å²) in [6.45, 7) is 15.6. The van der Waals surface area contributed by atoms with E-state index in [1.54, 1.807) is 27.8 Å². The van der Waals surface area contributed by atoms with Crippen molar-refractivity contribution in [3.63, 3.8) is 0 Å². The lowest BCUT2D eigenvalue weighted by atomic mass is 10.1. The molecule has 2 fully saturated rings. The Morgan fingerprint density at radius 2 is 1.17 bits per heavy atom. The third kappa shape index (κ3) is 9.54. The third-order valence-electron chi connectivity index (χ3n) is 5.43. The summed E-state index contributed by atoms with van der Waals surface area (Å²) < 4.78 is 10.5. The molecule has 1 N–H and O–H groups in total. The van der Waals surface area contributed by atoms with Gasteiger partial charge >= 0.3 is 18.2 Å². The summed E-state index contributed by atoms with van der Waals surface area (Å²) in [5.74, 6) is -0.715. The fourth-order valence-electron chi connectivity index (χ4n) is 3.90. The molecule has 0 saturated carbocycles. The van der Waals surface area contributed by atoms with Crippen LogP contribution in [0.2, 0.25) is 0 Å². The van der Waals surface area contributed by atoms with E-state index >= 15 is 0 Å². The summed E-state index contributed by atoms with van der Waals surface area (Å²) >= 11 is 0. The Bertz CT molecular complexity index is 774. The molecule has 0 aliphatic carbocycles. The first kappa shape index (κ1) is 30.5. The van der Waals surface area contributed by atoms with Crippen molar-refractivity contribution in [3.8, 4) is 0 Å². The van der Waals surface area contributed by atoms with Crippen molar-refractivity contribution >= 4 is 24.1 Å². The van der Waals surface area contributed by atoms with E-state index in [2.05, 4.69) is 0 Å². The number of rotatable bonds is 3. The molecule has 11 nitrogen and oxygen atoms in total. The van der Waals surface area contributed by atoms with Gasteiger partial charge in [0, 0.05) is 20.1 Å². The summed E-state index contributed by atoms with van der Waals surface area (Å²) in [5.41, 5.74) is -1.16. The van der Waals surface area contributed by atoms with Crippen LogP contribution in [-0.4, -0.2) is 94.6 Å². The third-order valence-corrected chi connectivity index (χ3v) is 5.43. The number of carboxylic acid groups (broad SMARTS) is 1. The van der Waals surface area contributed by atoms with Gasteiger partial charge in [0.1, 0.15) is 23.3 Å².